The lowest BCUT2D eigenvalue weighted by Gasteiger charge is -2.30. The van der Waals surface area contributed by atoms with Crippen LogP contribution in [0.1, 0.15) is 33.6 Å². The lowest BCUT2D eigenvalue weighted by molar-refractivity contribution is 0.0260. The molecule has 0 saturated heterocycles. The third kappa shape index (κ3) is 5.54. The zero-order valence-electron chi connectivity index (χ0n) is 12.3. The SMILES string of the molecule is CN(C)CCC1=CCCN(C(=O)OC(C)(C)C)C1. The quantitative estimate of drug-likeness (QED) is 0.725. The Morgan fingerprint density at radius 1 is 1.44 bits per heavy atom. The van der Waals surface area contributed by atoms with E-state index >= 15 is 0 Å². The second kappa shape index (κ2) is 6.23. The molecule has 0 atom stereocenters. The molecule has 104 valence electrons. The van der Waals surface area contributed by atoms with Gasteiger partial charge in [-0.1, -0.05) is 11.6 Å². The largest absolute Gasteiger partial charge is 0.444 e. The summed E-state index contributed by atoms with van der Waals surface area (Å²) in [4.78, 5) is 15.9. The number of hydrogen-bond acceptors (Lipinski definition) is 3. The molecule has 0 aromatic carbocycles. The molecule has 0 aromatic rings. The summed E-state index contributed by atoms with van der Waals surface area (Å²) in [5.74, 6) is 0. The molecule has 1 aliphatic heterocycles. The molecule has 0 unspecified atom stereocenters. The average Bonchev–Trinajstić information content (AvgIpc) is 2.24. The second-order valence-electron chi connectivity index (χ2n) is 6.11. The third-order valence-electron chi connectivity index (χ3n) is 2.76. The van der Waals surface area contributed by atoms with Crippen LogP contribution in [-0.4, -0.2) is 55.2 Å². The van der Waals surface area contributed by atoms with Crippen LogP contribution in [0.4, 0.5) is 4.79 Å². The number of rotatable bonds is 3. The van der Waals surface area contributed by atoms with E-state index in [0.717, 1.165) is 25.9 Å². The van der Waals surface area contributed by atoms with Crippen molar-refractivity contribution < 1.29 is 9.53 Å². The fourth-order valence-electron chi connectivity index (χ4n) is 1.84. The number of amides is 1. The van der Waals surface area contributed by atoms with Gasteiger partial charge in [-0.05, 0) is 47.7 Å². The first-order chi connectivity index (χ1) is 8.28. The van der Waals surface area contributed by atoms with Crippen LogP contribution < -0.4 is 0 Å². The van der Waals surface area contributed by atoms with E-state index in [9.17, 15) is 4.79 Å². The fraction of sp³-hybridized carbons (Fsp3) is 0.786. The first-order valence-electron chi connectivity index (χ1n) is 6.58. The molecule has 1 heterocycles. The van der Waals surface area contributed by atoms with Crippen molar-refractivity contribution in [3.63, 3.8) is 0 Å². The molecule has 0 saturated carbocycles. The molecule has 0 bridgehead atoms. The van der Waals surface area contributed by atoms with Gasteiger partial charge in [-0.15, -0.1) is 0 Å². The molecular weight excluding hydrogens is 228 g/mol. The molecule has 18 heavy (non-hydrogen) atoms. The minimum atomic E-state index is -0.415. The fourth-order valence-corrected chi connectivity index (χ4v) is 1.84. The number of nitrogens with zero attached hydrogens (tertiary/aromatic N) is 2. The summed E-state index contributed by atoms with van der Waals surface area (Å²) in [7, 11) is 4.13. The van der Waals surface area contributed by atoms with E-state index in [1.807, 2.05) is 20.8 Å². The number of ether oxygens (including phenoxy) is 1. The Morgan fingerprint density at radius 3 is 2.67 bits per heavy atom. The lowest BCUT2D eigenvalue weighted by Crippen LogP contribution is -2.40. The van der Waals surface area contributed by atoms with Crippen LogP contribution in [0, 0.1) is 0 Å². The van der Waals surface area contributed by atoms with Crippen molar-refractivity contribution in [3.8, 4) is 0 Å². The molecular formula is C14H26N2O2. The molecule has 4 nitrogen and oxygen atoms in total. The molecule has 1 rings (SSSR count). The molecule has 4 heteroatoms. The highest BCUT2D eigenvalue weighted by molar-refractivity contribution is 5.68. The van der Waals surface area contributed by atoms with Gasteiger partial charge in [0.1, 0.15) is 5.60 Å². The van der Waals surface area contributed by atoms with E-state index in [0.29, 0.717) is 6.54 Å². The molecule has 0 aliphatic carbocycles. The maximum Gasteiger partial charge on any atom is 0.410 e. The van der Waals surface area contributed by atoms with E-state index in [-0.39, 0.29) is 6.09 Å². The van der Waals surface area contributed by atoms with Gasteiger partial charge >= 0.3 is 6.09 Å². The Labute approximate surface area is 111 Å². The summed E-state index contributed by atoms with van der Waals surface area (Å²) in [6.07, 6.45) is 4.01. The van der Waals surface area contributed by atoms with Crippen LogP contribution in [0.3, 0.4) is 0 Å². The normalized spacial score (nSPS) is 16.8. The standard InChI is InChI=1S/C14H26N2O2/c1-14(2,3)18-13(17)16-9-6-7-12(11-16)8-10-15(4)5/h7H,6,8-11H2,1-5H3. The average molecular weight is 254 g/mol. The first-order valence-corrected chi connectivity index (χ1v) is 6.58. The zero-order valence-corrected chi connectivity index (χ0v) is 12.3. The second-order valence-corrected chi connectivity index (χ2v) is 6.11. The van der Waals surface area contributed by atoms with Crippen molar-refractivity contribution in [1.82, 2.24) is 9.80 Å². The van der Waals surface area contributed by atoms with Crippen molar-refractivity contribution >= 4 is 6.09 Å². The minimum absolute atomic E-state index is 0.196. The Morgan fingerprint density at radius 2 is 2.11 bits per heavy atom. The van der Waals surface area contributed by atoms with E-state index in [1.165, 1.54) is 5.57 Å². The van der Waals surface area contributed by atoms with Gasteiger partial charge in [0.2, 0.25) is 0 Å². The third-order valence-corrected chi connectivity index (χ3v) is 2.76. The van der Waals surface area contributed by atoms with Crippen LogP contribution in [0.5, 0.6) is 0 Å². The predicted molar refractivity (Wildman–Crippen MR) is 73.7 cm³/mol. The summed E-state index contributed by atoms with van der Waals surface area (Å²) < 4.78 is 5.40. The summed E-state index contributed by atoms with van der Waals surface area (Å²) >= 11 is 0. The van der Waals surface area contributed by atoms with Gasteiger partial charge in [0.05, 0.1) is 0 Å². The molecule has 0 aromatic heterocycles. The van der Waals surface area contributed by atoms with Gasteiger partial charge in [-0.2, -0.15) is 0 Å². The summed E-state index contributed by atoms with van der Waals surface area (Å²) in [6.45, 7) is 8.20. The van der Waals surface area contributed by atoms with Gasteiger partial charge in [0, 0.05) is 19.6 Å². The van der Waals surface area contributed by atoms with Gasteiger partial charge in [-0.25, -0.2) is 4.79 Å². The Kier molecular flexibility index (Phi) is 5.20. The highest BCUT2D eigenvalue weighted by atomic mass is 16.6. The molecule has 0 fully saturated rings. The number of hydrogen-bond donors (Lipinski definition) is 0. The van der Waals surface area contributed by atoms with Crippen LogP contribution in [0.2, 0.25) is 0 Å². The van der Waals surface area contributed by atoms with Crippen molar-refractivity contribution in [2.75, 3.05) is 33.7 Å². The van der Waals surface area contributed by atoms with E-state index < -0.39 is 5.60 Å². The highest BCUT2D eigenvalue weighted by Crippen LogP contribution is 2.16. The summed E-state index contributed by atoms with van der Waals surface area (Å²) in [6, 6.07) is 0. The Bertz CT molecular complexity index is 316. The van der Waals surface area contributed by atoms with Gasteiger partial charge in [-0.3, -0.25) is 0 Å². The maximum absolute atomic E-state index is 12.0. The Hall–Kier alpha value is -1.03. The van der Waals surface area contributed by atoms with Crippen molar-refractivity contribution in [2.45, 2.75) is 39.2 Å². The summed E-state index contributed by atoms with van der Waals surface area (Å²) in [5, 5.41) is 0. The van der Waals surface area contributed by atoms with Gasteiger partial charge in [0.25, 0.3) is 0 Å². The van der Waals surface area contributed by atoms with Crippen LogP contribution in [0.15, 0.2) is 11.6 Å². The minimum Gasteiger partial charge on any atom is -0.444 e. The van der Waals surface area contributed by atoms with E-state index in [1.54, 1.807) is 4.90 Å². The van der Waals surface area contributed by atoms with Crippen LogP contribution >= 0.6 is 0 Å². The Balaban J connectivity index is 2.46. The molecule has 1 amide bonds. The first kappa shape index (κ1) is 15.0. The topological polar surface area (TPSA) is 32.8 Å². The van der Waals surface area contributed by atoms with Gasteiger partial charge < -0.3 is 14.5 Å². The van der Waals surface area contributed by atoms with Crippen molar-refractivity contribution in [2.24, 2.45) is 0 Å². The molecule has 1 aliphatic rings. The smallest absolute Gasteiger partial charge is 0.410 e. The number of carbonyl (C=O) groups is 1. The van der Waals surface area contributed by atoms with Crippen LogP contribution in [-0.2, 0) is 4.74 Å². The zero-order chi connectivity index (χ0) is 13.8. The van der Waals surface area contributed by atoms with Crippen LogP contribution in [0.25, 0.3) is 0 Å². The summed E-state index contributed by atoms with van der Waals surface area (Å²) in [5.41, 5.74) is 0.919. The predicted octanol–water partition coefficient (Wildman–Crippen LogP) is 2.51. The number of carbonyl (C=O) groups excluding carboxylic acids is 1. The van der Waals surface area contributed by atoms with E-state index in [2.05, 4.69) is 25.1 Å². The molecule has 0 N–H and O–H groups in total. The van der Waals surface area contributed by atoms with E-state index in [4.69, 9.17) is 4.74 Å². The van der Waals surface area contributed by atoms with Crippen molar-refractivity contribution in [1.29, 1.82) is 0 Å². The maximum atomic E-state index is 12.0. The highest BCUT2D eigenvalue weighted by Gasteiger charge is 2.24. The molecule has 0 radical (unpaired) electrons. The lowest BCUT2D eigenvalue weighted by atomic mass is 10.1. The monoisotopic (exact) mass is 254 g/mol. The van der Waals surface area contributed by atoms with Crippen molar-refractivity contribution in [3.05, 3.63) is 11.6 Å². The molecule has 0 spiro atoms. The van der Waals surface area contributed by atoms with Gasteiger partial charge in [0.15, 0.2) is 0 Å².